The van der Waals surface area contributed by atoms with E-state index < -0.39 is 5.91 Å². The molecule has 23 heavy (non-hydrogen) atoms. The van der Waals surface area contributed by atoms with Crippen LogP contribution in [0.5, 0.6) is 0 Å². The molecule has 0 aliphatic rings. The summed E-state index contributed by atoms with van der Waals surface area (Å²) in [5.41, 5.74) is 9.60. The lowest BCUT2D eigenvalue weighted by molar-refractivity contribution is 0.0996. The number of nitrogens with zero attached hydrogens (tertiary/aromatic N) is 1. The van der Waals surface area contributed by atoms with Crippen LogP contribution in [0.2, 0.25) is 0 Å². The van der Waals surface area contributed by atoms with Gasteiger partial charge in [0, 0.05) is 10.9 Å². The quantitative estimate of drug-likeness (QED) is 0.758. The number of hydrogen-bond acceptors (Lipinski definition) is 2. The number of rotatable bonds is 2. The summed E-state index contributed by atoms with van der Waals surface area (Å²) in [7, 11) is 0. The largest absolute Gasteiger partial charge is 0.364 e. The lowest BCUT2D eigenvalue weighted by atomic mass is 9.97. The second kappa shape index (κ2) is 5.25. The normalized spacial score (nSPS) is 10.7. The molecule has 2 aromatic carbocycles. The van der Waals surface area contributed by atoms with Gasteiger partial charge < -0.3 is 10.7 Å². The zero-order valence-corrected chi connectivity index (χ0v) is 12.7. The first-order chi connectivity index (χ1) is 10.9. The number of carbonyl (C=O) groups excluding carboxylic acids is 1. The average molecular weight is 307 g/mol. The maximum Gasteiger partial charge on any atom is 0.265 e. The molecule has 0 spiro atoms. The van der Waals surface area contributed by atoms with Crippen LogP contribution in [0.15, 0.2) is 30.3 Å². The highest BCUT2D eigenvalue weighted by Gasteiger charge is 2.17. The van der Waals surface area contributed by atoms with Crippen LogP contribution in [-0.2, 0) is 0 Å². The molecule has 3 aromatic rings. The first-order valence-electron chi connectivity index (χ1n) is 7.05. The fourth-order valence-corrected chi connectivity index (χ4v) is 2.78. The third-order valence-electron chi connectivity index (χ3n) is 4.01. The molecule has 0 aliphatic heterocycles. The van der Waals surface area contributed by atoms with Gasteiger partial charge in [-0.1, -0.05) is 6.07 Å². The number of aromatic nitrogens is 1. The SMILES string of the molecule is Cc1cc(-c2cc(C#N)cc3c(C)c(C(N)=O)[nH]c23)ccc1F. The van der Waals surface area contributed by atoms with Crippen LogP contribution in [0.3, 0.4) is 0 Å². The predicted molar refractivity (Wildman–Crippen MR) is 86.4 cm³/mol. The number of aryl methyl sites for hydroxylation is 2. The van der Waals surface area contributed by atoms with E-state index in [1.807, 2.05) is 0 Å². The lowest BCUT2D eigenvalue weighted by Crippen LogP contribution is -2.12. The molecule has 4 nitrogen and oxygen atoms in total. The van der Waals surface area contributed by atoms with E-state index in [2.05, 4.69) is 11.1 Å². The monoisotopic (exact) mass is 307 g/mol. The third-order valence-corrected chi connectivity index (χ3v) is 4.01. The molecule has 0 radical (unpaired) electrons. The predicted octanol–water partition coefficient (Wildman–Crippen LogP) is 3.56. The van der Waals surface area contributed by atoms with Gasteiger partial charge in [-0.2, -0.15) is 5.26 Å². The number of H-pyrrole nitrogens is 1. The van der Waals surface area contributed by atoms with Crippen LogP contribution < -0.4 is 5.73 Å². The Hall–Kier alpha value is -3.13. The summed E-state index contributed by atoms with van der Waals surface area (Å²) in [6, 6.07) is 10.3. The first-order valence-corrected chi connectivity index (χ1v) is 7.05. The molecule has 0 saturated carbocycles. The van der Waals surface area contributed by atoms with Crippen molar-refractivity contribution in [2.45, 2.75) is 13.8 Å². The van der Waals surface area contributed by atoms with Gasteiger partial charge in [0.25, 0.3) is 5.91 Å². The minimum absolute atomic E-state index is 0.290. The molecule has 0 fully saturated rings. The Bertz CT molecular complexity index is 996. The summed E-state index contributed by atoms with van der Waals surface area (Å²) in [4.78, 5) is 14.6. The molecule has 114 valence electrons. The molecule has 1 heterocycles. The van der Waals surface area contributed by atoms with Crippen molar-refractivity contribution in [2.24, 2.45) is 5.73 Å². The van der Waals surface area contributed by atoms with E-state index in [1.165, 1.54) is 6.07 Å². The van der Waals surface area contributed by atoms with Gasteiger partial charge in [0.15, 0.2) is 0 Å². The molecule has 5 heteroatoms. The first kappa shape index (κ1) is 14.8. The maximum absolute atomic E-state index is 13.5. The minimum Gasteiger partial charge on any atom is -0.364 e. The number of hydrogen-bond donors (Lipinski definition) is 2. The van der Waals surface area contributed by atoms with E-state index in [4.69, 9.17) is 5.73 Å². The van der Waals surface area contributed by atoms with Crippen LogP contribution in [0.1, 0.15) is 27.2 Å². The Labute approximate surface area is 132 Å². The number of carbonyl (C=O) groups is 1. The number of fused-ring (bicyclic) bond motifs is 1. The molecule has 0 bridgehead atoms. The molecular formula is C18H14FN3O. The highest BCUT2D eigenvalue weighted by Crippen LogP contribution is 2.33. The van der Waals surface area contributed by atoms with Gasteiger partial charge in [-0.05, 0) is 54.8 Å². The van der Waals surface area contributed by atoms with Gasteiger partial charge in [-0.25, -0.2) is 4.39 Å². The number of primary amides is 1. The Kier molecular flexibility index (Phi) is 3.38. The summed E-state index contributed by atoms with van der Waals surface area (Å²) in [5.74, 6) is -0.847. The number of nitriles is 1. The Morgan fingerprint density at radius 3 is 2.61 bits per heavy atom. The number of benzene rings is 2. The second-order valence-electron chi connectivity index (χ2n) is 5.51. The molecule has 0 aliphatic carbocycles. The molecule has 0 unspecified atom stereocenters. The van der Waals surface area contributed by atoms with Gasteiger partial charge in [-0.15, -0.1) is 0 Å². The third kappa shape index (κ3) is 2.34. The number of nitrogens with one attached hydrogen (secondary N) is 1. The topological polar surface area (TPSA) is 82.7 Å². The lowest BCUT2D eigenvalue weighted by Gasteiger charge is -2.07. The summed E-state index contributed by atoms with van der Waals surface area (Å²) in [6.07, 6.45) is 0. The van der Waals surface area contributed by atoms with Crippen molar-refractivity contribution in [3.05, 3.63) is 58.5 Å². The van der Waals surface area contributed by atoms with Crippen molar-refractivity contribution in [1.29, 1.82) is 5.26 Å². The van der Waals surface area contributed by atoms with Crippen molar-refractivity contribution >= 4 is 16.8 Å². The molecule has 0 atom stereocenters. The second-order valence-corrected chi connectivity index (χ2v) is 5.51. The molecule has 3 N–H and O–H groups in total. The van der Waals surface area contributed by atoms with E-state index in [0.29, 0.717) is 27.9 Å². The fraction of sp³-hybridized carbons (Fsp3) is 0.111. The zero-order valence-electron chi connectivity index (χ0n) is 12.7. The summed E-state index contributed by atoms with van der Waals surface area (Å²) in [6.45, 7) is 3.46. The molecule has 1 aromatic heterocycles. The molecule has 1 amide bonds. The van der Waals surface area contributed by atoms with Gasteiger partial charge >= 0.3 is 0 Å². The van der Waals surface area contributed by atoms with Crippen molar-refractivity contribution in [1.82, 2.24) is 4.98 Å². The Morgan fingerprint density at radius 2 is 2.00 bits per heavy atom. The van der Waals surface area contributed by atoms with E-state index in [0.717, 1.165) is 16.5 Å². The Morgan fingerprint density at radius 1 is 1.26 bits per heavy atom. The number of amides is 1. The van der Waals surface area contributed by atoms with Gasteiger partial charge in [-0.3, -0.25) is 4.79 Å². The molecule has 3 rings (SSSR count). The highest BCUT2D eigenvalue weighted by atomic mass is 19.1. The van der Waals surface area contributed by atoms with Crippen LogP contribution in [0.4, 0.5) is 4.39 Å². The maximum atomic E-state index is 13.5. The van der Waals surface area contributed by atoms with Crippen LogP contribution >= 0.6 is 0 Å². The van der Waals surface area contributed by atoms with Crippen LogP contribution in [0, 0.1) is 31.0 Å². The van der Waals surface area contributed by atoms with E-state index in [-0.39, 0.29) is 5.82 Å². The van der Waals surface area contributed by atoms with E-state index in [9.17, 15) is 14.4 Å². The van der Waals surface area contributed by atoms with Crippen molar-refractivity contribution in [3.8, 4) is 17.2 Å². The smallest absolute Gasteiger partial charge is 0.265 e. The highest BCUT2D eigenvalue weighted by molar-refractivity contribution is 6.05. The van der Waals surface area contributed by atoms with Gasteiger partial charge in [0.1, 0.15) is 11.5 Å². The number of halogens is 1. The zero-order chi connectivity index (χ0) is 16.7. The van der Waals surface area contributed by atoms with E-state index >= 15 is 0 Å². The van der Waals surface area contributed by atoms with Gasteiger partial charge in [0.2, 0.25) is 0 Å². The van der Waals surface area contributed by atoms with Crippen LogP contribution in [0.25, 0.3) is 22.0 Å². The van der Waals surface area contributed by atoms with Crippen molar-refractivity contribution in [3.63, 3.8) is 0 Å². The Balaban J connectivity index is 2.39. The van der Waals surface area contributed by atoms with Crippen molar-refractivity contribution < 1.29 is 9.18 Å². The van der Waals surface area contributed by atoms with Crippen molar-refractivity contribution in [2.75, 3.05) is 0 Å². The molecular weight excluding hydrogens is 293 g/mol. The standard InChI is InChI=1S/C18H14FN3O/c1-9-5-12(3-4-15(9)19)14-7-11(8-20)6-13-10(2)16(18(21)23)22-17(13)14/h3-7,22H,1-2H3,(H2,21,23). The average Bonchev–Trinajstić information content (AvgIpc) is 2.86. The fourth-order valence-electron chi connectivity index (χ4n) is 2.78. The van der Waals surface area contributed by atoms with Gasteiger partial charge in [0.05, 0.1) is 17.1 Å². The summed E-state index contributed by atoms with van der Waals surface area (Å²) >= 11 is 0. The van der Waals surface area contributed by atoms with Crippen LogP contribution in [-0.4, -0.2) is 10.9 Å². The van der Waals surface area contributed by atoms with E-state index in [1.54, 1.807) is 38.1 Å². The summed E-state index contributed by atoms with van der Waals surface area (Å²) < 4.78 is 13.5. The molecule has 0 saturated heterocycles. The number of nitrogens with two attached hydrogens (primary N) is 1. The summed E-state index contributed by atoms with van der Waals surface area (Å²) in [5, 5.41) is 10.0. The number of aromatic amines is 1. The minimum atomic E-state index is -0.557.